The topological polar surface area (TPSA) is 107 Å². The zero-order chi connectivity index (χ0) is 19.2. The molecule has 0 aliphatic heterocycles. The molecule has 0 saturated heterocycles. The second kappa shape index (κ2) is 11.4. The van der Waals surface area contributed by atoms with Gasteiger partial charge in [0.05, 0.1) is 17.8 Å². The Morgan fingerprint density at radius 2 is 1.96 bits per heavy atom. The average Bonchev–Trinajstić information content (AvgIpc) is 2.59. The molecule has 1 aliphatic rings. The second-order valence-corrected chi connectivity index (χ2v) is 9.85. The van der Waals surface area contributed by atoms with Crippen LogP contribution >= 0.6 is 7.37 Å². The molecule has 27 heavy (non-hydrogen) atoms. The molecule has 8 heteroatoms. The van der Waals surface area contributed by atoms with Crippen molar-refractivity contribution in [2.45, 2.75) is 51.2 Å². The van der Waals surface area contributed by atoms with E-state index >= 15 is 0 Å². The minimum atomic E-state index is -3.34. The van der Waals surface area contributed by atoms with Crippen LogP contribution in [0.5, 0.6) is 0 Å². The summed E-state index contributed by atoms with van der Waals surface area (Å²) >= 11 is 0. The summed E-state index contributed by atoms with van der Waals surface area (Å²) in [6.45, 7) is 2.06. The molecule has 0 bridgehead atoms. The summed E-state index contributed by atoms with van der Waals surface area (Å²) in [5.74, 6) is -0.680. The van der Waals surface area contributed by atoms with Gasteiger partial charge in [-0.2, -0.15) is 0 Å². The molecule has 0 aromatic heterocycles. The number of benzene rings is 1. The van der Waals surface area contributed by atoms with E-state index in [2.05, 4.69) is 5.32 Å². The Morgan fingerprint density at radius 3 is 2.59 bits per heavy atom. The molecule has 0 amide bonds. The number of carboxylic acid groups (broad SMARTS) is 1. The first-order valence-corrected chi connectivity index (χ1v) is 11.4. The normalized spacial score (nSPS) is 19.5. The van der Waals surface area contributed by atoms with Crippen LogP contribution in [0.1, 0.15) is 61.0 Å². The minimum absolute atomic E-state index is 0. The van der Waals surface area contributed by atoms with E-state index in [1.807, 2.05) is 13.0 Å². The van der Waals surface area contributed by atoms with Crippen molar-refractivity contribution < 1.29 is 24.5 Å². The number of nitrogens with one attached hydrogen (secondary N) is 1. The Balaban J connectivity index is 0.00000364. The van der Waals surface area contributed by atoms with Gasteiger partial charge in [-0.25, -0.2) is 4.79 Å². The number of aromatic carboxylic acids is 1. The van der Waals surface area contributed by atoms with Crippen LogP contribution in [-0.2, 0) is 4.57 Å². The molecule has 2 unspecified atom stereocenters. The molecule has 3 atom stereocenters. The fourth-order valence-electron chi connectivity index (χ4n) is 3.61. The summed E-state index contributed by atoms with van der Waals surface area (Å²) in [6, 6.07) is 6.45. The van der Waals surface area contributed by atoms with Gasteiger partial charge in [0.2, 0.25) is 7.37 Å². The van der Waals surface area contributed by atoms with Crippen LogP contribution in [0, 0.1) is 5.92 Å². The zero-order valence-electron chi connectivity index (χ0n) is 16.3. The van der Waals surface area contributed by atoms with Gasteiger partial charge in [0.1, 0.15) is 0 Å². The SMILES string of the molecule is CC(NC[C@H](O)CP(=O)(O)CC1CCCCC1)c1cccc(C(=O)O)c1.[Li]. The fraction of sp³-hybridized carbons (Fsp3) is 0.632. The Labute approximate surface area is 173 Å². The van der Waals surface area contributed by atoms with E-state index in [0.717, 1.165) is 31.2 Å². The standard InChI is InChI=1S/C19H30NO5P.Li/c1-14(16-8-5-9-17(10-16)19(22)23)20-11-18(21)13-26(24,25)12-15-6-3-2-4-7-15;/h5,8-10,14-15,18,20-21H,2-4,6-7,11-13H2,1H3,(H,22,23)(H,24,25);/t14?,18-;/m0./s1. The van der Waals surface area contributed by atoms with Crippen LogP contribution in [0.2, 0.25) is 0 Å². The van der Waals surface area contributed by atoms with Crippen LogP contribution in [-0.4, -0.2) is 64.9 Å². The molecule has 0 heterocycles. The first-order valence-electron chi connectivity index (χ1n) is 9.32. The molecule has 1 saturated carbocycles. The third kappa shape index (κ3) is 8.52. The molecule has 1 aromatic rings. The summed E-state index contributed by atoms with van der Waals surface area (Å²) in [5.41, 5.74) is 1.01. The van der Waals surface area contributed by atoms with Crippen molar-refractivity contribution in [1.82, 2.24) is 5.32 Å². The average molecular weight is 390 g/mol. The number of aliphatic hydroxyl groups excluding tert-OH is 1. The van der Waals surface area contributed by atoms with Crippen molar-refractivity contribution in [2.75, 3.05) is 18.9 Å². The van der Waals surface area contributed by atoms with Gasteiger partial charge in [0.15, 0.2) is 0 Å². The summed E-state index contributed by atoms with van der Waals surface area (Å²) in [6.07, 6.45) is 4.78. The van der Waals surface area contributed by atoms with Gasteiger partial charge in [-0.15, -0.1) is 0 Å². The van der Waals surface area contributed by atoms with Crippen molar-refractivity contribution in [2.24, 2.45) is 5.92 Å². The maximum absolute atomic E-state index is 12.4. The number of hydrogen-bond donors (Lipinski definition) is 4. The molecule has 1 fully saturated rings. The molecule has 6 nitrogen and oxygen atoms in total. The van der Waals surface area contributed by atoms with Crippen LogP contribution in [0.3, 0.4) is 0 Å². The maximum atomic E-state index is 12.4. The van der Waals surface area contributed by atoms with Crippen LogP contribution in [0.15, 0.2) is 24.3 Å². The number of rotatable bonds is 9. The quantitative estimate of drug-likeness (QED) is 0.382. The van der Waals surface area contributed by atoms with Crippen molar-refractivity contribution in [3.05, 3.63) is 35.4 Å². The molecule has 2 rings (SSSR count). The van der Waals surface area contributed by atoms with E-state index < -0.39 is 19.4 Å². The summed E-state index contributed by atoms with van der Waals surface area (Å²) in [7, 11) is -3.34. The summed E-state index contributed by atoms with van der Waals surface area (Å²) in [5, 5.41) is 22.3. The zero-order valence-corrected chi connectivity index (χ0v) is 17.2. The van der Waals surface area contributed by atoms with E-state index in [1.54, 1.807) is 12.1 Å². The largest absolute Gasteiger partial charge is 0.478 e. The van der Waals surface area contributed by atoms with Crippen LogP contribution in [0.4, 0.5) is 0 Å². The molecular formula is C19H30LiNO5P. The van der Waals surface area contributed by atoms with Gasteiger partial charge >= 0.3 is 5.97 Å². The van der Waals surface area contributed by atoms with E-state index in [1.165, 1.54) is 12.5 Å². The third-order valence-corrected chi connectivity index (χ3v) is 7.14. The summed E-state index contributed by atoms with van der Waals surface area (Å²) < 4.78 is 12.4. The molecule has 147 valence electrons. The monoisotopic (exact) mass is 390 g/mol. The molecule has 1 aromatic carbocycles. The van der Waals surface area contributed by atoms with Crippen LogP contribution in [0.25, 0.3) is 0 Å². The molecular weight excluding hydrogens is 360 g/mol. The first kappa shape index (κ1) is 24.4. The van der Waals surface area contributed by atoms with Crippen LogP contribution < -0.4 is 5.32 Å². The number of carboxylic acids is 1. The van der Waals surface area contributed by atoms with Gasteiger partial charge in [0.25, 0.3) is 0 Å². The van der Waals surface area contributed by atoms with Gasteiger partial charge in [-0.05, 0) is 43.4 Å². The fourth-order valence-corrected chi connectivity index (χ4v) is 5.72. The Kier molecular flexibility index (Phi) is 10.3. The predicted molar refractivity (Wildman–Crippen MR) is 108 cm³/mol. The number of hydrogen-bond acceptors (Lipinski definition) is 4. The first-order chi connectivity index (χ1) is 12.3. The Bertz CT molecular complexity index is 651. The van der Waals surface area contributed by atoms with Gasteiger partial charge in [-0.3, -0.25) is 4.57 Å². The Hall–Kier alpha value is -0.603. The van der Waals surface area contributed by atoms with Crippen molar-refractivity contribution in [3.8, 4) is 0 Å². The molecule has 4 N–H and O–H groups in total. The van der Waals surface area contributed by atoms with Crippen molar-refractivity contribution in [1.29, 1.82) is 0 Å². The van der Waals surface area contributed by atoms with E-state index in [0.29, 0.717) is 12.1 Å². The minimum Gasteiger partial charge on any atom is -0.478 e. The summed E-state index contributed by atoms with van der Waals surface area (Å²) in [4.78, 5) is 21.3. The smallest absolute Gasteiger partial charge is 0.335 e. The van der Waals surface area contributed by atoms with Gasteiger partial charge in [-0.1, -0.05) is 31.4 Å². The van der Waals surface area contributed by atoms with Crippen molar-refractivity contribution in [3.63, 3.8) is 0 Å². The van der Waals surface area contributed by atoms with Crippen molar-refractivity contribution >= 4 is 32.2 Å². The maximum Gasteiger partial charge on any atom is 0.335 e. The Morgan fingerprint density at radius 1 is 1.30 bits per heavy atom. The van der Waals surface area contributed by atoms with Gasteiger partial charge in [0, 0.05) is 37.6 Å². The molecule has 1 aliphatic carbocycles. The van der Waals surface area contributed by atoms with Gasteiger partial charge < -0.3 is 20.4 Å². The predicted octanol–water partition coefficient (Wildman–Crippen LogP) is 2.87. The van der Waals surface area contributed by atoms with E-state index in [4.69, 9.17) is 5.11 Å². The van der Waals surface area contributed by atoms with E-state index in [9.17, 15) is 19.4 Å². The third-order valence-electron chi connectivity index (χ3n) is 5.06. The number of aliphatic hydroxyl groups is 1. The number of carbonyl (C=O) groups is 1. The molecule has 0 spiro atoms. The molecule has 1 radical (unpaired) electrons. The van der Waals surface area contributed by atoms with E-state index in [-0.39, 0.29) is 43.2 Å². The second-order valence-electron chi connectivity index (χ2n) is 7.43.